The van der Waals surface area contributed by atoms with Gasteiger partial charge in [-0.05, 0) is 83.1 Å². The molecule has 50 heavy (non-hydrogen) atoms. The summed E-state index contributed by atoms with van der Waals surface area (Å²) >= 11 is 10.9. The number of carbonyl (C=O) groups excluding carboxylic acids is 1. The van der Waals surface area contributed by atoms with Gasteiger partial charge in [0.15, 0.2) is 12.4 Å². The SMILES string of the molecule is CCOC(=O)COc1c(Cl)c(Cc2ccc(OCC)cc2)cc(C2O[C@H](CC)[C@@H](C)[C@H](OCc3ccccc3)[C@H]2OCc2ccccc2)c1Br. The minimum Gasteiger partial charge on any atom is -0.494 e. The van der Waals surface area contributed by atoms with Gasteiger partial charge in [-0.1, -0.05) is 98.2 Å². The zero-order chi connectivity index (χ0) is 35.5. The van der Waals surface area contributed by atoms with Crippen molar-refractivity contribution in [2.75, 3.05) is 19.8 Å². The van der Waals surface area contributed by atoms with Crippen molar-refractivity contribution >= 4 is 33.5 Å². The van der Waals surface area contributed by atoms with Gasteiger partial charge in [0, 0.05) is 11.5 Å². The molecule has 0 bridgehead atoms. The molecule has 1 aliphatic heterocycles. The molecule has 1 aliphatic rings. The first kappa shape index (κ1) is 37.8. The largest absolute Gasteiger partial charge is 0.494 e. The first-order valence-electron chi connectivity index (χ1n) is 17.3. The Balaban J connectivity index is 1.57. The third-order valence-corrected chi connectivity index (χ3v) is 10.1. The third kappa shape index (κ3) is 9.68. The van der Waals surface area contributed by atoms with E-state index in [9.17, 15) is 4.79 Å². The molecule has 0 aliphatic carbocycles. The van der Waals surface area contributed by atoms with E-state index in [0.717, 1.165) is 40.0 Å². The predicted molar refractivity (Wildman–Crippen MR) is 199 cm³/mol. The smallest absolute Gasteiger partial charge is 0.344 e. The maximum Gasteiger partial charge on any atom is 0.344 e. The Morgan fingerprint density at radius 2 is 1.42 bits per heavy atom. The lowest BCUT2D eigenvalue weighted by Crippen LogP contribution is -2.51. The van der Waals surface area contributed by atoms with Crippen LogP contribution in [0.5, 0.6) is 11.5 Å². The summed E-state index contributed by atoms with van der Waals surface area (Å²) in [5.41, 5.74) is 4.77. The Hall–Kier alpha value is -3.40. The standard InChI is InChI=1S/C41H46BrClO7/c1-5-34-27(4)38(47-24-29-14-10-8-11-15-29)41(48-25-30-16-12-9-13-17-30)39(50-34)33-23-31(22-28-18-20-32(21-19-28)45-6-2)37(43)40(36(33)42)49-26-35(44)46-7-3/h8-21,23,27,34,38-39,41H,5-7,22,24-26H2,1-4H3/t27-,34-,38+,39?,41-/m1/s1. The molecule has 0 amide bonds. The van der Waals surface area contributed by atoms with Crippen LogP contribution >= 0.6 is 27.5 Å². The summed E-state index contributed by atoms with van der Waals surface area (Å²) in [7, 11) is 0. The van der Waals surface area contributed by atoms with E-state index >= 15 is 0 Å². The van der Waals surface area contributed by atoms with E-state index in [-0.39, 0.29) is 31.3 Å². The Morgan fingerprint density at radius 3 is 2.00 bits per heavy atom. The summed E-state index contributed by atoms with van der Waals surface area (Å²) in [6, 6.07) is 30.2. The van der Waals surface area contributed by atoms with E-state index in [1.54, 1.807) is 6.92 Å². The zero-order valence-electron chi connectivity index (χ0n) is 29.1. The average molecular weight is 766 g/mol. The second-order valence-electron chi connectivity index (χ2n) is 12.3. The molecule has 1 saturated heterocycles. The van der Waals surface area contributed by atoms with E-state index < -0.39 is 18.2 Å². The molecule has 0 saturated carbocycles. The van der Waals surface area contributed by atoms with Gasteiger partial charge in [-0.25, -0.2) is 4.79 Å². The monoisotopic (exact) mass is 764 g/mol. The zero-order valence-corrected chi connectivity index (χ0v) is 31.5. The fraction of sp³-hybridized carbons (Fsp3) is 0.390. The summed E-state index contributed by atoms with van der Waals surface area (Å²) < 4.78 is 38.1. The molecular formula is C41H46BrClO7. The Kier molecular flexibility index (Phi) is 14.2. The minimum absolute atomic E-state index is 0.0367. The topological polar surface area (TPSA) is 72.5 Å². The highest BCUT2D eigenvalue weighted by Crippen LogP contribution is 2.47. The number of ether oxygens (including phenoxy) is 6. The number of benzene rings is 4. The van der Waals surface area contributed by atoms with Crippen LogP contribution in [0.15, 0.2) is 95.5 Å². The third-order valence-electron chi connectivity index (χ3n) is 8.86. The van der Waals surface area contributed by atoms with Gasteiger partial charge in [-0.3, -0.25) is 0 Å². The molecule has 0 spiro atoms. The number of halogens is 2. The molecule has 0 aromatic heterocycles. The van der Waals surface area contributed by atoms with Gasteiger partial charge in [0.2, 0.25) is 0 Å². The van der Waals surface area contributed by atoms with Crippen LogP contribution in [0.2, 0.25) is 5.02 Å². The van der Waals surface area contributed by atoms with Crippen molar-refractivity contribution in [3.8, 4) is 11.5 Å². The molecule has 1 unspecified atom stereocenters. The lowest BCUT2D eigenvalue weighted by Gasteiger charge is -2.46. The van der Waals surface area contributed by atoms with Crippen LogP contribution in [0.3, 0.4) is 0 Å². The van der Waals surface area contributed by atoms with Crippen molar-refractivity contribution in [2.45, 2.75) is 78.2 Å². The summed E-state index contributed by atoms with van der Waals surface area (Å²) in [6.45, 7) is 9.35. The van der Waals surface area contributed by atoms with Crippen LogP contribution in [0.1, 0.15) is 68.0 Å². The van der Waals surface area contributed by atoms with Crippen molar-refractivity contribution in [3.05, 3.63) is 128 Å². The van der Waals surface area contributed by atoms with Gasteiger partial charge in [0.05, 0.1) is 48.1 Å². The number of rotatable bonds is 16. The molecule has 266 valence electrons. The van der Waals surface area contributed by atoms with Gasteiger partial charge in [-0.2, -0.15) is 0 Å². The molecule has 9 heteroatoms. The Morgan fingerprint density at radius 1 is 0.800 bits per heavy atom. The molecule has 5 rings (SSSR count). The maximum absolute atomic E-state index is 12.4. The molecule has 1 heterocycles. The van der Waals surface area contributed by atoms with Crippen molar-refractivity contribution in [2.24, 2.45) is 5.92 Å². The van der Waals surface area contributed by atoms with E-state index in [0.29, 0.717) is 41.5 Å². The van der Waals surface area contributed by atoms with Crippen LogP contribution in [0.25, 0.3) is 0 Å². The summed E-state index contributed by atoms with van der Waals surface area (Å²) in [4.78, 5) is 12.4. The first-order chi connectivity index (χ1) is 24.3. The van der Waals surface area contributed by atoms with E-state index in [2.05, 4.69) is 48.0 Å². The van der Waals surface area contributed by atoms with Crippen molar-refractivity contribution < 1.29 is 33.2 Å². The Bertz CT molecular complexity index is 1650. The maximum atomic E-state index is 12.4. The van der Waals surface area contributed by atoms with E-state index in [1.165, 1.54) is 0 Å². The fourth-order valence-electron chi connectivity index (χ4n) is 6.33. The lowest BCUT2D eigenvalue weighted by atomic mass is 9.83. The van der Waals surface area contributed by atoms with Gasteiger partial charge in [-0.15, -0.1) is 0 Å². The van der Waals surface area contributed by atoms with Crippen molar-refractivity contribution in [3.63, 3.8) is 0 Å². The summed E-state index contributed by atoms with van der Waals surface area (Å²) in [5.74, 6) is 0.695. The second-order valence-corrected chi connectivity index (χ2v) is 13.5. The number of carbonyl (C=O) groups is 1. The fourth-order valence-corrected chi connectivity index (χ4v) is 7.36. The highest BCUT2D eigenvalue weighted by atomic mass is 79.9. The number of esters is 1. The predicted octanol–water partition coefficient (Wildman–Crippen LogP) is 9.69. The van der Waals surface area contributed by atoms with Crippen LogP contribution in [-0.4, -0.2) is 44.1 Å². The number of hydrogen-bond acceptors (Lipinski definition) is 7. The van der Waals surface area contributed by atoms with Gasteiger partial charge >= 0.3 is 5.97 Å². The van der Waals surface area contributed by atoms with Gasteiger partial charge in [0.1, 0.15) is 18.0 Å². The minimum atomic E-state index is -0.559. The molecule has 7 nitrogen and oxygen atoms in total. The Labute approximate surface area is 309 Å². The molecule has 0 radical (unpaired) electrons. The number of hydrogen-bond donors (Lipinski definition) is 0. The molecule has 4 aromatic carbocycles. The highest BCUT2D eigenvalue weighted by Gasteiger charge is 2.46. The quantitative estimate of drug-likeness (QED) is 0.105. The van der Waals surface area contributed by atoms with Crippen LogP contribution < -0.4 is 9.47 Å². The summed E-state index contributed by atoms with van der Waals surface area (Å²) in [6.07, 6.45) is -0.181. The van der Waals surface area contributed by atoms with Gasteiger partial charge in [0.25, 0.3) is 0 Å². The molecule has 1 fully saturated rings. The van der Waals surface area contributed by atoms with Gasteiger partial charge < -0.3 is 28.4 Å². The molecule has 0 N–H and O–H groups in total. The van der Waals surface area contributed by atoms with E-state index in [1.807, 2.05) is 79.7 Å². The van der Waals surface area contributed by atoms with Crippen molar-refractivity contribution in [1.29, 1.82) is 0 Å². The lowest BCUT2D eigenvalue weighted by molar-refractivity contribution is -0.235. The average Bonchev–Trinajstić information content (AvgIpc) is 3.13. The van der Waals surface area contributed by atoms with Crippen molar-refractivity contribution in [1.82, 2.24) is 0 Å². The summed E-state index contributed by atoms with van der Waals surface area (Å²) in [5, 5.41) is 0.397. The van der Waals surface area contributed by atoms with Crippen LogP contribution in [0.4, 0.5) is 0 Å². The second kappa shape index (κ2) is 18.7. The first-order valence-corrected chi connectivity index (χ1v) is 18.5. The normalized spacial score (nSPS) is 20.3. The molecule has 5 atom stereocenters. The van der Waals surface area contributed by atoms with Crippen LogP contribution in [-0.2, 0) is 43.4 Å². The van der Waals surface area contributed by atoms with E-state index in [4.69, 9.17) is 40.0 Å². The molecule has 4 aromatic rings. The van der Waals surface area contributed by atoms with Crippen LogP contribution in [0, 0.1) is 5.92 Å². The highest BCUT2D eigenvalue weighted by molar-refractivity contribution is 9.10. The molecular weight excluding hydrogens is 720 g/mol.